The van der Waals surface area contributed by atoms with Gasteiger partial charge in [0.2, 0.25) is 0 Å². The molecule has 0 radical (unpaired) electrons. The van der Waals surface area contributed by atoms with Gasteiger partial charge in [-0.05, 0) is 18.9 Å². The molecule has 15 heavy (non-hydrogen) atoms. The number of aryl methyl sites for hydroxylation is 1. The van der Waals surface area contributed by atoms with Crippen molar-refractivity contribution in [2.45, 2.75) is 26.3 Å². The lowest BCUT2D eigenvalue weighted by molar-refractivity contribution is 0.179. The molecule has 0 fully saturated rings. The third-order valence-corrected chi connectivity index (χ3v) is 2.34. The second-order valence-corrected chi connectivity index (χ2v) is 3.71. The van der Waals surface area contributed by atoms with Crippen molar-refractivity contribution in [1.29, 1.82) is 0 Å². The quantitative estimate of drug-likeness (QED) is 0.677. The summed E-state index contributed by atoms with van der Waals surface area (Å²) in [7, 11) is 1.71. The lowest BCUT2D eigenvalue weighted by Gasteiger charge is -2.07. The fourth-order valence-corrected chi connectivity index (χ4v) is 1.30. The first kappa shape index (κ1) is 11.9. The molecule has 1 unspecified atom stereocenters. The fourth-order valence-electron chi connectivity index (χ4n) is 1.30. The van der Waals surface area contributed by atoms with Crippen LogP contribution in [0.4, 0.5) is 0 Å². The Labute approximate surface area is 92.0 Å². The molecule has 0 N–H and O–H groups in total. The van der Waals surface area contributed by atoms with Crippen LogP contribution in [-0.2, 0) is 4.74 Å². The number of hydrogen-bond acceptors (Lipinski definition) is 2. The summed E-state index contributed by atoms with van der Waals surface area (Å²) in [5.41, 5.74) is 2.42. The molecule has 0 aliphatic heterocycles. The molecule has 1 aromatic rings. The standard InChI is InChI=1S/C13H19NO/c1-4-13(10-15-3)14-9-12-7-5-11(2)6-8-12/h5-9,13H,4,10H2,1-3H3. The minimum Gasteiger partial charge on any atom is -0.382 e. The molecule has 0 aromatic heterocycles. The Hall–Kier alpha value is -1.15. The Morgan fingerprint density at radius 3 is 2.53 bits per heavy atom. The lowest BCUT2D eigenvalue weighted by atomic mass is 10.2. The molecule has 0 bridgehead atoms. The highest BCUT2D eigenvalue weighted by Crippen LogP contribution is 2.02. The highest BCUT2D eigenvalue weighted by Gasteiger charge is 2.00. The average Bonchev–Trinajstić information content (AvgIpc) is 2.26. The molecule has 1 rings (SSSR count). The van der Waals surface area contributed by atoms with Gasteiger partial charge in [-0.25, -0.2) is 0 Å². The Kier molecular flexibility index (Phi) is 5.05. The summed E-state index contributed by atoms with van der Waals surface area (Å²) >= 11 is 0. The van der Waals surface area contributed by atoms with Crippen molar-refractivity contribution in [2.24, 2.45) is 4.99 Å². The molecule has 0 amide bonds. The molecule has 0 saturated heterocycles. The van der Waals surface area contributed by atoms with Crippen LogP contribution in [-0.4, -0.2) is 26.0 Å². The Bertz CT molecular complexity index is 303. The first-order chi connectivity index (χ1) is 7.26. The number of nitrogens with zero attached hydrogens (tertiary/aromatic N) is 1. The number of rotatable bonds is 5. The maximum Gasteiger partial charge on any atom is 0.0730 e. The van der Waals surface area contributed by atoms with Crippen LogP contribution in [0.15, 0.2) is 29.3 Å². The van der Waals surface area contributed by atoms with Gasteiger partial charge in [-0.1, -0.05) is 36.8 Å². The van der Waals surface area contributed by atoms with E-state index in [4.69, 9.17) is 4.74 Å². The maximum absolute atomic E-state index is 5.09. The van der Waals surface area contributed by atoms with Gasteiger partial charge in [0.05, 0.1) is 12.6 Å². The van der Waals surface area contributed by atoms with E-state index < -0.39 is 0 Å². The van der Waals surface area contributed by atoms with Crippen molar-refractivity contribution in [3.05, 3.63) is 35.4 Å². The van der Waals surface area contributed by atoms with Gasteiger partial charge >= 0.3 is 0 Å². The topological polar surface area (TPSA) is 21.6 Å². The molecule has 2 heteroatoms. The minimum atomic E-state index is 0.274. The summed E-state index contributed by atoms with van der Waals surface area (Å²) in [6.07, 6.45) is 2.93. The van der Waals surface area contributed by atoms with E-state index in [0.717, 1.165) is 12.0 Å². The van der Waals surface area contributed by atoms with Gasteiger partial charge in [-0.2, -0.15) is 0 Å². The van der Waals surface area contributed by atoms with E-state index in [9.17, 15) is 0 Å². The molecule has 0 saturated carbocycles. The molecule has 0 aliphatic rings. The van der Waals surface area contributed by atoms with E-state index in [0.29, 0.717) is 6.61 Å². The zero-order valence-corrected chi connectivity index (χ0v) is 9.73. The monoisotopic (exact) mass is 205 g/mol. The normalized spacial score (nSPS) is 13.3. The molecule has 82 valence electrons. The zero-order valence-electron chi connectivity index (χ0n) is 9.73. The van der Waals surface area contributed by atoms with Crippen LogP contribution in [0.2, 0.25) is 0 Å². The van der Waals surface area contributed by atoms with Crippen LogP contribution in [0.1, 0.15) is 24.5 Å². The third-order valence-electron chi connectivity index (χ3n) is 2.34. The number of methoxy groups -OCH3 is 1. The van der Waals surface area contributed by atoms with Gasteiger partial charge < -0.3 is 4.74 Å². The van der Waals surface area contributed by atoms with Crippen LogP contribution >= 0.6 is 0 Å². The molecular formula is C13H19NO. The van der Waals surface area contributed by atoms with Crippen LogP contribution in [0.5, 0.6) is 0 Å². The van der Waals surface area contributed by atoms with Gasteiger partial charge in [0.25, 0.3) is 0 Å². The Balaban J connectivity index is 2.59. The highest BCUT2D eigenvalue weighted by atomic mass is 16.5. The van der Waals surface area contributed by atoms with E-state index in [1.165, 1.54) is 5.56 Å². The molecule has 1 aromatic carbocycles. The summed E-state index contributed by atoms with van der Waals surface area (Å²) in [5, 5.41) is 0. The van der Waals surface area contributed by atoms with E-state index in [1.54, 1.807) is 7.11 Å². The zero-order chi connectivity index (χ0) is 11.1. The second kappa shape index (κ2) is 6.36. The fraction of sp³-hybridized carbons (Fsp3) is 0.462. The average molecular weight is 205 g/mol. The van der Waals surface area contributed by atoms with Crippen molar-refractivity contribution < 1.29 is 4.74 Å². The Morgan fingerprint density at radius 1 is 1.33 bits per heavy atom. The molecule has 0 aliphatic carbocycles. The van der Waals surface area contributed by atoms with Crippen LogP contribution in [0.25, 0.3) is 0 Å². The van der Waals surface area contributed by atoms with E-state index in [-0.39, 0.29) is 6.04 Å². The maximum atomic E-state index is 5.09. The SMILES string of the molecule is CCC(COC)N=Cc1ccc(C)cc1. The Morgan fingerprint density at radius 2 is 2.00 bits per heavy atom. The second-order valence-electron chi connectivity index (χ2n) is 3.71. The smallest absolute Gasteiger partial charge is 0.0730 e. The van der Waals surface area contributed by atoms with Crippen molar-refractivity contribution in [3.63, 3.8) is 0 Å². The first-order valence-corrected chi connectivity index (χ1v) is 5.35. The largest absolute Gasteiger partial charge is 0.382 e. The summed E-state index contributed by atoms with van der Waals surface area (Å²) in [6, 6.07) is 8.63. The van der Waals surface area contributed by atoms with Gasteiger partial charge in [0.1, 0.15) is 0 Å². The van der Waals surface area contributed by atoms with Crippen molar-refractivity contribution in [1.82, 2.24) is 0 Å². The molecular weight excluding hydrogens is 186 g/mol. The number of hydrogen-bond donors (Lipinski definition) is 0. The van der Waals surface area contributed by atoms with Crippen LogP contribution in [0, 0.1) is 6.92 Å². The predicted molar refractivity (Wildman–Crippen MR) is 64.7 cm³/mol. The van der Waals surface area contributed by atoms with Gasteiger partial charge in [0, 0.05) is 13.3 Å². The minimum absolute atomic E-state index is 0.274. The molecule has 0 spiro atoms. The van der Waals surface area contributed by atoms with Crippen molar-refractivity contribution in [3.8, 4) is 0 Å². The van der Waals surface area contributed by atoms with Gasteiger partial charge in [-0.15, -0.1) is 0 Å². The van der Waals surface area contributed by atoms with Crippen LogP contribution < -0.4 is 0 Å². The number of benzene rings is 1. The van der Waals surface area contributed by atoms with Crippen molar-refractivity contribution >= 4 is 6.21 Å². The van der Waals surface area contributed by atoms with Crippen LogP contribution in [0.3, 0.4) is 0 Å². The first-order valence-electron chi connectivity index (χ1n) is 5.35. The summed E-state index contributed by atoms with van der Waals surface area (Å²) in [4.78, 5) is 4.48. The van der Waals surface area contributed by atoms with E-state index in [2.05, 4.69) is 43.1 Å². The summed E-state index contributed by atoms with van der Waals surface area (Å²) in [6.45, 7) is 4.90. The number of ether oxygens (including phenoxy) is 1. The van der Waals surface area contributed by atoms with Crippen molar-refractivity contribution in [2.75, 3.05) is 13.7 Å². The molecule has 2 nitrogen and oxygen atoms in total. The highest BCUT2D eigenvalue weighted by molar-refractivity contribution is 5.79. The number of aliphatic imine (C=N–C) groups is 1. The van der Waals surface area contributed by atoms with E-state index >= 15 is 0 Å². The van der Waals surface area contributed by atoms with E-state index in [1.807, 2.05) is 6.21 Å². The van der Waals surface area contributed by atoms with Gasteiger partial charge in [-0.3, -0.25) is 4.99 Å². The molecule has 0 heterocycles. The lowest BCUT2D eigenvalue weighted by Crippen LogP contribution is -2.10. The summed E-state index contributed by atoms with van der Waals surface area (Å²) in [5.74, 6) is 0. The summed E-state index contributed by atoms with van der Waals surface area (Å²) < 4.78 is 5.09. The predicted octanol–water partition coefficient (Wildman–Crippen LogP) is 2.84. The van der Waals surface area contributed by atoms with Gasteiger partial charge in [0.15, 0.2) is 0 Å². The third kappa shape index (κ3) is 4.26. The molecule has 1 atom stereocenters.